The van der Waals surface area contributed by atoms with E-state index in [-0.39, 0.29) is 0 Å². The molecule has 0 radical (unpaired) electrons. The molecule has 0 aliphatic heterocycles. The lowest BCUT2D eigenvalue weighted by Crippen LogP contribution is -2.00. The second kappa shape index (κ2) is 6.45. The average Bonchev–Trinajstić information content (AvgIpc) is 2.54. The topological polar surface area (TPSA) is 12.0 Å². The van der Waals surface area contributed by atoms with Gasteiger partial charge in [-0.1, -0.05) is 66.3 Å². The summed E-state index contributed by atoms with van der Waals surface area (Å²) in [6.45, 7) is 3.00. The van der Waals surface area contributed by atoms with Crippen molar-refractivity contribution >= 4 is 5.69 Å². The molecule has 1 N–H and O–H groups in total. The van der Waals surface area contributed by atoms with Crippen LogP contribution in [0.25, 0.3) is 0 Å². The second-order valence-electron chi connectivity index (χ2n) is 5.62. The van der Waals surface area contributed by atoms with Crippen molar-refractivity contribution < 1.29 is 0 Å². The fourth-order valence-corrected chi connectivity index (χ4v) is 2.70. The largest absolute Gasteiger partial charge is 0.381 e. The number of benzene rings is 2. The highest BCUT2D eigenvalue weighted by atomic mass is 14.9. The smallest absolute Gasteiger partial charge is 0.0400 e. The summed E-state index contributed by atoms with van der Waals surface area (Å²) in [6.07, 6.45) is 9.86. The first-order chi connectivity index (χ1) is 10.3. The molecule has 2 aromatic rings. The maximum absolute atomic E-state index is 3.49. The van der Waals surface area contributed by atoms with Gasteiger partial charge in [0.1, 0.15) is 0 Å². The lowest BCUT2D eigenvalue weighted by atomic mass is 9.92. The van der Waals surface area contributed by atoms with Gasteiger partial charge in [-0.3, -0.25) is 0 Å². The second-order valence-corrected chi connectivity index (χ2v) is 5.62. The van der Waals surface area contributed by atoms with Crippen molar-refractivity contribution in [1.29, 1.82) is 0 Å². The van der Waals surface area contributed by atoms with E-state index < -0.39 is 0 Å². The number of rotatable bonds is 4. The van der Waals surface area contributed by atoms with E-state index in [1.54, 1.807) is 0 Å². The SMILES string of the molecule is Cc1cccc(CNc2ccc(C3C=CC=CC3)cc2)c1. The number of hydrogen-bond donors (Lipinski definition) is 1. The molecule has 1 unspecified atom stereocenters. The summed E-state index contributed by atoms with van der Waals surface area (Å²) in [5.41, 5.74) is 5.19. The molecular formula is C20H21N. The van der Waals surface area contributed by atoms with Crippen LogP contribution in [0, 0.1) is 6.92 Å². The van der Waals surface area contributed by atoms with Crippen molar-refractivity contribution in [3.63, 3.8) is 0 Å². The standard InChI is InChI=1S/C20H21N/c1-16-6-5-7-17(14-16)15-21-20-12-10-19(11-13-20)18-8-3-2-4-9-18/h2-8,10-14,18,21H,9,15H2,1H3. The van der Waals surface area contributed by atoms with Gasteiger partial charge >= 0.3 is 0 Å². The predicted molar refractivity (Wildman–Crippen MR) is 90.6 cm³/mol. The summed E-state index contributed by atoms with van der Waals surface area (Å²) in [5.74, 6) is 0.529. The van der Waals surface area contributed by atoms with Gasteiger partial charge in [-0.25, -0.2) is 0 Å². The lowest BCUT2D eigenvalue weighted by molar-refractivity contribution is 0.854. The molecule has 0 heterocycles. The molecule has 0 saturated carbocycles. The summed E-state index contributed by atoms with van der Waals surface area (Å²) in [6, 6.07) is 17.4. The van der Waals surface area contributed by atoms with E-state index in [9.17, 15) is 0 Å². The third-order valence-corrected chi connectivity index (χ3v) is 3.90. The zero-order valence-corrected chi connectivity index (χ0v) is 12.4. The molecule has 0 fully saturated rings. The van der Waals surface area contributed by atoms with Crippen LogP contribution < -0.4 is 5.32 Å². The highest BCUT2D eigenvalue weighted by Crippen LogP contribution is 2.25. The van der Waals surface area contributed by atoms with Crippen molar-refractivity contribution in [3.8, 4) is 0 Å². The summed E-state index contributed by atoms with van der Waals surface area (Å²) < 4.78 is 0. The van der Waals surface area contributed by atoms with Crippen molar-refractivity contribution in [2.75, 3.05) is 5.32 Å². The summed E-state index contributed by atoms with van der Waals surface area (Å²) >= 11 is 0. The van der Waals surface area contributed by atoms with Gasteiger partial charge in [-0.15, -0.1) is 0 Å². The van der Waals surface area contributed by atoms with Crippen LogP contribution in [0.2, 0.25) is 0 Å². The van der Waals surface area contributed by atoms with Crippen LogP contribution in [0.5, 0.6) is 0 Å². The molecule has 1 aliphatic rings. The maximum Gasteiger partial charge on any atom is 0.0400 e. The van der Waals surface area contributed by atoms with Gasteiger partial charge in [0, 0.05) is 18.2 Å². The first kappa shape index (κ1) is 13.7. The van der Waals surface area contributed by atoms with E-state index in [0.717, 1.165) is 13.0 Å². The quantitative estimate of drug-likeness (QED) is 0.808. The third-order valence-electron chi connectivity index (χ3n) is 3.90. The van der Waals surface area contributed by atoms with Crippen LogP contribution in [-0.4, -0.2) is 0 Å². The summed E-state index contributed by atoms with van der Waals surface area (Å²) in [7, 11) is 0. The van der Waals surface area contributed by atoms with Gasteiger partial charge < -0.3 is 5.32 Å². The van der Waals surface area contributed by atoms with E-state index in [1.807, 2.05) is 0 Å². The molecule has 0 aromatic heterocycles. The van der Waals surface area contributed by atoms with Gasteiger partial charge in [0.05, 0.1) is 0 Å². The Morgan fingerprint density at radius 3 is 2.62 bits per heavy atom. The number of hydrogen-bond acceptors (Lipinski definition) is 1. The Kier molecular flexibility index (Phi) is 4.20. The Morgan fingerprint density at radius 1 is 1.05 bits per heavy atom. The van der Waals surface area contributed by atoms with Crippen molar-refractivity contribution in [1.82, 2.24) is 0 Å². The highest BCUT2D eigenvalue weighted by Gasteiger charge is 2.07. The summed E-state index contributed by atoms with van der Waals surface area (Å²) in [4.78, 5) is 0. The Labute approximate surface area is 127 Å². The third kappa shape index (κ3) is 3.63. The number of aryl methyl sites for hydroxylation is 1. The van der Waals surface area contributed by atoms with E-state index in [1.165, 1.54) is 22.4 Å². The van der Waals surface area contributed by atoms with Crippen LogP contribution in [0.1, 0.15) is 29.0 Å². The Balaban J connectivity index is 1.62. The zero-order valence-electron chi connectivity index (χ0n) is 12.4. The molecule has 0 saturated heterocycles. The molecular weight excluding hydrogens is 254 g/mol. The molecule has 1 atom stereocenters. The number of anilines is 1. The Morgan fingerprint density at radius 2 is 1.90 bits per heavy atom. The van der Waals surface area contributed by atoms with Crippen molar-refractivity contribution in [2.24, 2.45) is 0 Å². The maximum atomic E-state index is 3.49. The van der Waals surface area contributed by atoms with Gasteiger partial charge in [-0.05, 0) is 36.6 Å². The van der Waals surface area contributed by atoms with Gasteiger partial charge in [0.15, 0.2) is 0 Å². The Bertz CT molecular complexity index is 650. The van der Waals surface area contributed by atoms with Crippen LogP contribution >= 0.6 is 0 Å². The number of nitrogens with one attached hydrogen (secondary N) is 1. The molecule has 1 heteroatoms. The van der Waals surface area contributed by atoms with E-state index in [4.69, 9.17) is 0 Å². The molecule has 0 amide bonds. The predicted octanol–water partition coefficient (Wildman–Crippen LogP) is 5.21. The minimum absolute atomic E-state index is 0.529. The molecule has 21 heavy (non-hydrogen) atoms. The van der Waals surface area contributed by atoms with E-state index in [2.05, 4.69) is 85.1 Å². The van der Waals surface area contributed by atoms with Crippen molar-refractivity contribution in [2.45, 2.75) is 25.8 Å². The van der Waals surface area contributed by atoms with Gasteiger partial charge in [0.25, 0.3) is 0 Å². The lowest BCUT2D eigenvalue weighted by Gasteiger charge is -2.14. The van der Waals surface area contributed by atoms with Gasteiger partial charge in [0.2, 0.25) is 0 Å². The fourth-order valence-electron chi connectivity index (χ4n) is 2.70. The molecule has 1 nitrogen and oxygen atoms in total. The molecule has 0 spiro atoms. The Hall–Kier alpha value is -2.28. The molecule has 0 bridgehead atoms. The minimum atomic E-state index is 0.529. The zero-order chi connectivity index (χ0) is 14.5. The molecule has 2 aromatic carbocycles. The normalized spacial score (nSPS) is 16.9. The van der Waals surface area contributed by atoms with Crippen LogP contribution in [0.3, 0.4) is 0 Å². The first-order valence-corrected chi connectivity index (χ1v) is 7.54. The average molecular weight is 275 g/mol. The van der Waals surface area contributed by atoms with E-state index >= 15 is 0 Å². The fraction of sp³-hybridized carbons (Fsp3) is 0.200. The minimum Gasteiger partial charge on any atom is -0.381 e. The number of allylic oxidation sites excluding steroid dienone is 4. The van der Waals surface area contributed by atoms with Crippen molar-refractivity contribution in [3.05, 3.63) is 89.5 Å². The van der Waals surface area contributed by atoms with Crippen LogP contribution in [-0.2, 0) is 6.54 Å². The molecule has 3 rings (SSSR count). The van der Waals surface area contributed by atoms with Crippen LogP contribution in [0.15, 0.2) is 72.8 Å². The van der Waals surface area contributed by atoms with Gasteiger partial charge in [-0.2, -0.15) is 0 Å². The highest BCUT2D eigenvalue weighted by molar-refractivity contribution is 5.46. The monoisotopic (exact) mass is 275 g/mol. The first-order valence-electron chi connectivity index (χ1n) is 7.54. The molecule has 106 valence electrons. The summed E-state index contributed by atoms with van der Waals surface area (Å²) in [5, 5.41) is 3.49. The van der Waals surface area contributed by atoms with E-state index in [0.29, 0.717) is 5.92 Å². The van der Waals surface area contributed by atoms with Crippen LogP contribution in [0.4, 0.5) is 5.69 Å². The molecule has 1 aliphatic carbocycles.